The number of nitrogens with zero attached hydrogens (tertiary/aromatic N) is 2. The van der Waals surface area contributed by atoms with Crippen molar-refractivity contribution in [3.8, 4) is 22.5 Å². The van der Waals surface area contributed by atoms with Gasteiger partial charge in [0, 0.05) is 43.3 Å². The molecule has 42 heavy (non-hydrogen) atoms. The molecule has 0 aliphatic carbocycles. The fourth-order valence-electron chi connectivity index (χ4n) is 5.28. The Hall–Kier alpha value is -4.63. The monoisotopic (exact) mass is 719 g/mol. The number of aromatic nitrogens is 2. The molecule has 0 fully saturated rings. The van der Waals surface area contributed by atoms with Gasteiger partial charge in [0.1, 0.15) is 5.58 Å². The van der Waals surface area contributed by atoms with Crippen molar-refractivity contribution in [3.05, 3.63) is 145 Å². The van der Waals surface area contributed by atoms with Crippen LogP contribution in [-0.4, -0.2) is 9.97 Å². The number of furan rings is 1. The van der Waals surface area contributed by atoms with Gasteiger partial charge in [-0.25, -0.2) is 0 Å². The van der Waals surface area contributed by atoms with Crippen LogP contribution in [0.1, 0.15) is 11.1 Å². The van der Waals surface area contributed by atoms with Gasteiger partial charge in [0.2, 0.25) is 0 Å². The molecule has 0 N–H and O–H groups in total. The minimum Gasteiger partial charge on any atom is -0.500 e. The zero-order chi connectivity index (χ0) is 27.8. The van der Waals surface area contributed by atoms with Crippen molar-refractivity contribution >= 4 is 43.5 Å². The third-order valence-corrected chi connectivity index (χ3v) is 7.38. The van der Waals surface area contributed by atoms with E-state index in [0.29, 0.717) is 0 Å². The van der Waals surface area contributed by atoms with Gasteiger partial charge in [-0.15, -0.1) is 53.6 Å². The minimum atomic E-state index is 0. The third kappa shape index (κ3) is 5.12. The Kier molecular flexibility index (Phi) is 7.67. The Balaban J connectivity index is 0.000000179. The van der Waals surface area contributed by atoms with Crippen LogP contribution in [0.25, 0.3) is 66.0 Å². The average Bonchev–Trinajstić information content (AvgIpc) is 3.42. The molecule has 8 aromatic rings. The molecule has 0 atom stereocenters. The molecule has 3 aromatic heterocycles. The summed E-state index contributed by atoms with van der Waals surface area (Å²) in [6.07, 6.45) is 3.68. The summed E-state index contributed by atoms with van der Waals surface area (Å²) in [5.74, 6) is 0. The molecule has 3 nitrogen and oxygen atoms in total. The van der Waals surface area contributed by atoms with E-state index < -0.39 is 0 Å². The van der Waals surface area contributed by atoms with Crippen molar-refractivity contribution in [1.82, 2.24) is 9.97 Å². The summed E-state index contributed by atoms with van der Waals surface area (Å²) in [5.41, 5.74) is 7.98. The van der Waals surface area contributed by atoms with Crippen LogP contribution >= 0.6 is 0 Å². The predicted molar refractivity (Wildman–Crippen MR) is 169 cm³/mol. The molecule has 0 aliphatic heterocycles. The molecule has 0 aliphatic rings. The smallest absolute Gasteiger partial charge is 0.129 e. The number of hydrogen-bond acceptors (Lipinski definition) is 3. The van der Waals surface area contributed by atoms with E-state index in [1.807, 2.05) is 55.6 Å². The maximum atomic E-state index is 6.49. The largest absolute Gasteiger partial charge is 0.500 e. The molecule has 205 valence electrons. The summed E-state index contributed by atoms with van der Waals surface area (Å²) in [6, 6.07) is 43.8. The van der Waals surface area contributed by atoms with Crippen molar-refractivity contribution in [2.24, 2.45) is 0 Å². The number of pyridine rings is 2. The van der Waals surface area contributed by atoms with Gasteiger partial charge in [-0.2, -0.15) is 0 Å². The normalized spacial score (nSPS) is 10.9. The Morgan fingerprint density at radius 1 is 0.595 bits per heavy atom. The van der Waals surface area contributed by atoms with E-state index in [0.717, 1.165) is 49.8 Å². The summed E-state index contributed by atoms with van der Waals surface area (Å²) in [7, 11) is 0. The van der Waals surface area contributed by atoms with Gasteiger partial charge in [0.05, 0.1) is 5.58 Å². The summed E-state index contributed by atoms with van der Waals surface area (Å²) in [6.45, 7) is 4.10. The first-order chi connectivity index (χ1) is 20.2. The van der Waals surface area contributed by atoms with Gasteiger partial charge in [-0.3, -0.25) is 0 Å². The Morgan fingerprint density at radius 3 is 2.17 bits per heavy atom. The van der Waals surface area contributed by atoms with Gasteiger partial charge in [-0.1, -0.05) is 90.7 Å². The van der Waals surface area contributed by atoms with Crippen LogP contribution in [0.15, 0.2) is 126 Å². The first-order valence-electron chi connectivity index (χ1n) is 13.7. The third-order valence-electron chi connectivity index (χ3n) is 7.38. The van der Waals surface area contributed by atoms with E-state index in [1.165, 1.54) is 27.3 Å². The molecule has 0 bridgehead atoms. The Morgan fingerprint density at radius 2 is 1.38 bits per heavy atom. The molecule has 0 saturated carbocycles. The second kappa shape index (κ2) is 11.7. The van der Waals surface area contributed by atoms with Crippen molar-refractivity contribution in [1.29, 1.82) is 0 Å². The number of benzene rings is 5. The van der Waals surface area contributed by atoms with Crippen molar-refractivity contribution in [2.75, 3.05) is 0 Å². The summed E-state index contributed by atoms with van der Waals surface area (Å²) in [5, 5.41) is 6.99. The Labute approximate surface area is 258 Å². The van der Waals surface area contributed by atoms with Crippen molar-refractivity contribution < 1.29 is 24.5 Å². The maximum absolute atomic E-state index is 6.49. The van der Waals surface area contributed by atoms with Gasteiger partial charge < -0.3 is 14.4 Å². The quantitative estimate of drug-likeness (QED) is 0.132. The predicted octanol–water partition coefficient (Wildman–Crippen LogP) is 9.92. The maximum Gasteiger partial charge on any atom is 0.129 e. The molecule has 0 saturated heterocycles. The van der Waals surface area contributed by atoms with Crippen LogP contribution in [0.2, 0.25) is 0 Å². The fourth-order valence-corrected chi connectivity index (χ4v) is 5.28. The molecule has 3 heterocycles. The SMILES string of the molecule is Cc1c[c-]c(-c2ccc(C)cn2)cc1.[Ir].[c-]1ccc2c(oc3c2ccc2ccc4ccccc4c23)c1-c1ccccn1. The van der Waals surface area contributed by atoms with Gasteiger partial charge >= 0.3 is 0 Å². The summed E-state index contributed by atoms with van der Waals surface area (Å²) in [4.78, 5) is 8.84. The van der Waals surface area contributed by atoms with E-state index in [1.54, 1.807) is 6.20 Å². The number of aryl methyl sites for hydroxylation is 2. The van der Waals surface area contributed by atoms with Gasteiger partial charge in [-0.05, 0) is 46.1 Å². The average molecular weight is 719 g/mol. The number of hydrogen-bond donors (Lipinski definition) is 0. The van der Waals surface area contributed by atoms with Gasteiger partial charge in [0.15, 0.2) is 0 Å². The van der Waals surface area contributed by atoms with Gasteiger partial charge in [0.25, 0.3) is 0 Å². The molecule has 5 aromatic carbocycles. The van der Waals surface area contributed by atoms with Crippen LogP contribution in [0, 0.1) is 26.0 Å². The van der Waals surface area contributed by atoms with E-state index >= 15 is 0 Å². The molecular formula is C38H26IrN2O-2. The van der Waals surface area contributed by atoms with E-state index in [9.17, 15) is 0 Å². The molecule has 4 heteroatoms. The zero-order valence-electron chi connectivity index (χ0n) is 23.2. The zero-order valence-corrected chi connectivity index (χ0v) is 25.6. The molecule has 0 spiro atoms. The van der Waals surface area contributed by atoms with Crippen LogP contribution in [0.3, 0.4) is 0 Å². The van der Waals surface area contributed by atoms with E-state index in [2.05, 4.69) is 95.8 Å². The standard InChI is InChI=1S/C25H14NO.C13H12N.Ir/c1-2-7-18-16(6-1)11-12-17-13-14-20-19-8-5-9-21(22-10-3-4-15-26-22)24(19)27-25(20)23(17)18;1-10-3-6-12(7-4-10)13-8-5-11(2)9-14-13;/h1-8,10-15H;3-6,8-9H,1-2H3;/q2*-1;. The molecule has 8 rings (SSSR count). The summed E-state index contributed by atoms with van der Waals surface area (Å²) >= 11 is 0. The molecule has 0 amide bonds. The topological polar surface area (TPSA) is 38.9 Å². The first-order valence-corrected chi connectivity index (χ1v) is 13.7. The second-order valence-corrected chi connectivity index (χ2v) is 10.2. The van der Waals surface area contributed by atoms with Crippen LogP contribution < -0.4 is 0 Å². The van der Waals surface area contributed by atoms with E-state index in [4.69, 9.17) is 4.42 Å². The minimum absolute atomic E-state index is 0. The molecule has 0 unspecified atom stereocenters. The second-order valence-electron chi connectivity index (χ2n) is 10.2. The first kappa shape index (κ1) is 27.5. The molecular weight excluding hydrogens is 693 g/mol. The summed E-state index contributed by atoms with van der Waals surface area (Å²) < 4.78 is 6.49. The number of rotatable bonds is 2. The number of fused-ring (bicyclic) bond motifs is 7. The fraction of sp³-hybridized carbons (Fsp3) is 0.0526. The van der Waals surface area contributed by atoms with Crippen LogP contribution in [0.5, 0.6) is 0 Å². The Bertz CT molecular complexity index is 2110. The van der Waals surface area contributed by atoms with Crippen LogP contribution in [0.4, 0.5) is 0 Å². The van der Waals surface area contributed by atoms with Crippen molar-refractivity contribution in [3.63, 3.8) is 0 Å². The van der Waals surface area contributed by atoms with Crippen molar-refractivity contribution in [2.45, 2.75) is 13.8 Å². The molecule has 1 radical (unpaired) electrons. The van der Waals surface area contributed by atoms with E-state index in [-0.39, 0.29) is 20.1 Å². The van der Waals surface area contributed by atoms with Crippen LogP contribution in [-0.2, 0) is 20.1 Å².